The van der Waals surface area contributed by atoms with Crippen LogP contribution in [0.3, 0.4) is 0 Å². The molecule has 0 aliphatic heterocycles. The van der Waals surface area contributed by atoms with Gasteiger partial charge in [0.2, 0.25) is 0 Å². The first-order chi connectivity index (χ1) is 12.7. The summed E-state index contributed by atoms with van der Waals surface area (Å²) in [6.45, 7) is 9.20. The zero-order valence-corrected chi connectivity index (χ0v) is 17.0. The number of ether oxygens (including phenoxy) is 2. The highest BCUT2D eigenvalue weighted by atomic mass is 19.3. The Morgan fingerprint density at radius 1 is 1.00 bits per heavy atom. The number of amides is 1. The van der Waals surface area contributed by atoms with Gasteiger partial charge in [-0.1, -0.05) is 30.3 Å². The Hall–Kier alpha value is -2.38. The van der Waals surface area contributed by atoms with Crippen molar-refractivity contribution in [2.75, 3.05) is 6.54 Å². The van der Waals surface area contributed by atoms with E-state index in [-0.39, 0.29) is 0 Å². The molecule has 2 unspecified atom stereocenters. The van der Waals surface area contributed by atoms with Crippen LogP contribution in [-0.2, 0) is 14.3 Å². The second kappa shape index (κ2) is 7.56. The Morgan fingerprint density at radius 2 is 1.54 bits per heavy atom. The second-order valence-corrected chi connectivity index (χ2v) is 8.77. The highest BCUT2D eigenvalue weighted by Gasteiger charge is 2.69. The predicted molar refractivity (Wildman–Crippen MR) is 97.9 cm³/mol. The zero-order chi connectivity index (χ0) is 21.3. The number of benzene rings is 1. The average Bonchev–Trinajstić information content (AvgIpc) is 3.04. The molecule has 8 heteroatoms. The number of hydroxylamine groups is 2. The van der Waals surface area contributed by atoms with Crippen LogP contribution in [0.15, 0.2) is 30.3 Å². The topological polar surface area (TPSA) is 65.1 Å². The average molecular weight is 399 g/mol. The van der Waals surface area contributed by atoms with Crippen LogP contribution in [-0.4, -0.2) is 41.0 Å². The summed E-state index contributed by atoms with van der Waals surface area (Å²) >= 11 is 0. The fourth-order valence-electron chi connectivity index (χ4n) is 2.73. The fourth-order valence-corrected chi connectivity index (χ4v) is 2.73. The molecule has 2 rings (SSSR count). The van der Waals surface area contributed by atoms with Crippen LogP contribution in [0.25, 0.3) is 0 Å². The number of alkyl halides is 2. The summed E-state index contributed by atoms with van der Waals surface area (Å²) in [6, 6.07) is 8.28. The molecule has 6 nitrogen and oxygen atoms in total. The van der Waals surface area contributed by atoms with Crippen LogP contribution in [0.1, 0.15) is 53.0 Å². The van der Waals surface area contributed by atoms with Gasteiger partial charge in [-0.3, -0.25) is 0 Å². The molecule has 1 fully saturated rings. The van der Waals surface area contributed by atoms with Crippen molar-refractivity contribution in [2.45, 2.75) is 64.6 Å². The molecule has 1 aliphatic carbocycles. The molecule has 1 aromatic rings. The molecule has 0 heterocycles. The van der Waals surface area contributed by atoms with E-state index in [9.17, 15) is 18.4 Å². The maximum absolute atomic E-state index is 14.4. The summed E-state index contributed by atoms with van der Waals surface area (Å²) in [5.41, 5.74) is -1.30. The van der Waals surface area contributed by atoms with E-state index in [0.29, 0.717) is 10.6 Å². The Kier molecular flexibility index (Phi) is 5.92. The maximum atomic E-state index is 14.4. The number of halogens is 2. The van der Waals surface area contributed by atoms with Crippen LogP contribution in [0, 0.1) is 5.92 Å². The van der Waals surface area contributed by atoms with Gasteiger partial charge in [0, 0.05) is 0 Å². The molecule has 1 amide bonds. The largest absolute Gasteiger partial charge is 0.534 e. The van der Waals surface area contributed by atoms with E-state index in [1.54, 1.807) is 71.9 Å². The molecule has 1 saturated carbocycles. The first-order valence-electron chi connectivity index (χ1n) is 9.05. The highest BCUT2D eigenvalue weighted by molar-refractivity contribution is 5.70. The number of carbonyl (C=O) groups is 2. The Balaban J connectivity index is 2.15. The molecule has 0 spiro atoms. The summed E-state index contributed by atoms with van der Waals surface area (Å²) in [7, 11) is 0. The van der Waals surface area contributed by atoms with E-state index in [1.165, 1.54) is 0 Å². The lowest BCUT2D eigenvalue weighted by atomic mass is 10.1. The van der Waals surface area contributed by atoms with Crippen LogP contribution in [0.4, 0.5) is 18.4 Å². The maximum Gasteiger partial charge on any atom is 0.534 e. The molecule has 0 bridgehead atoms. The lowest BCUT2D eigenvalue weighted by molar-refractivity contribution is -0.140. The first kappa shape index (κ1) is 21.9. The van der Waals surface area contributed by atoms with Crippen molar-refractivity contribution >= 4 is 12.2 Å². The van der Waals surface area contributed by atoms with E-state index in [1.807, 2.05) is 0 Å². The van der Waals surface area contributed by atoms with Gasteiger partial charge in [0.1, 0.15) is 11.2 Å². The molecule has 28 heavy (non-hydrogen) atoms. The van der Waals surface area contributed by atoms with Gasteiger partial charge in [0.15, 0.2) is 0 Å². The third-order valence-electron chi connectivity index (χ3n) is 3.89. The van der Waals surface area contributed by atoms with Crippen LogP contribution in [0.2, 0.25) is 0 Å². The van der Waals surface area contributed by atoms with E-state index >= 15 is 0 Å². The molecule has 156 valence electrons. The van der Waals surface area contributed by atoms with E-state index in [4.69, 9.17) is 14.3 Å². The van der Waals surface area contributed by atoms with Crippen molar-refractivity contribution in [3.8, 4) is 0 Å². The Labute approximate surface area is 163 Å². The number of hydrogen-bond donors (Lipinski definition) is 0. The molecular formula is C20H27F2NO5. The quantitative estimate of drug-likeness (QED) is 0.520. The number of nitrogens with zero attached hydrogens (tertiary/aromatic N) is 1. The summed E-state index contributed by atoms with van der Waals surface area (Å²) in [5.74, 6) is -5.30. The molecular weight excluding hydrogens is 372 g/mol. The minimum Gasteiger partial charge on any atom is -0.442 e. The van der Waals surface area contributed by atoms with Crippen molar-refractivity contribution < 1.29 is 32.7 Å². The number of rotatable bonds is 3. The molecule has 0 aromatic heterocycles. The van der Waals surface area contributed by atoms with Gasteiger partial charge >= 0.3 is 12.2 Å². The number of carbonyl (C=O) groups excluding carboxylic acids is 2. The lowest BCUT2D eigenvalue weighted by Crippen LogP contribution is -2.41. The Bertz CT molecular complexity index is 710. The van der Waals surface area contributed by atoms with Crippen molar-refractivity contribution in [1.82, 2.24) is 5.06 Å². The van der Waals surface area contributed by atoms with Crippen molar-refractivity contribution in [2.24, 2.45) is 5.92 Å². The van der Waals surface area contributed by atoms with E-state index in [0.717, 1.165) is 0 Å². The molecule has 1 aromatic carbocycles. The summed E-state index contributed by atoms with van der Waals surface area (Å²) in [4.78, 5) is 29.3. The van der Waals surface area contributed by atoms with Gasteiger partial charge in [-0.25, -0.2) is 18.4 Å². The highest BCUT2D eigenvalue weighted by Crippen LogP contribution is 2.61. The van der Waals surface area contributed by atoms with Crippen LogP contribution in [0.5, 0.6) is 0 Å². The number of hydrogen-bond acceptors (Lipinski definition) is 5. The SMILES string of the molecule is CC(C)(C)OC(=O)ON(CC1C(c2ccccc2)C1(F)F)C(=O)OC(C)(C)C. The van der Waals surface area contributed by atoms with Crippen LogP contribution < -0.4 is 0 Å². The van der Waals surface area contributed by atoms with Gasteiger partial charge in [-0.2, -0.15) is 0 Å². The summed E-state index contributed by atoms with van der Waals surface area (Å²) < 4.78 is 38.9. The molecule has 1 aliphatic rings. The van der Waals surface area contributed by atoms with Crippen molar-refractivity contribution in [1.29, 1.82) is 0 Å². The van der Waals surface area contributed by atoms with Crippen molar-refractivity contribution in [3.05, 3.63) is 35.9 Å². The molecule has 0 N–H and O–H groups in total. The third-order valence-corrected chi connectivity index (χ3v) is 3.89. The lowest BCUT2D eigenvalue weighted by Gasteiger charge is -2.27. The van der Waals surface area contributed by atoms with Gasteiger partial charge in [0.25, 0.3) is 5.92 Å². The standard InChI is InChI=1S/C20H27F2NO5/c1-18(2,3)26-16(24)23(28-17(25)27-19(4,5)6)12-14-15(20(14,21)22)13-10-8-7-9-11-13/h7-11,14-15H,12H2,1-6H3. The molecule has 2 atom stereocenters. The second-order valence-electron chi connectivity index (χ2n) is 8.77. The first-order valence-corrected chi connectivity index (χ1v) is 9.05. The third kappa shape index (κ3) is 5.81. The van der Waals surface area contributed by atoms with Gasteiger partial charge in [0.05, 0.1) is 18.4 Å². The van der Waals surface area contributed by atoms with Gasteiger partial charge in [-0.15, -0.1) is 5.06 Å². The normalized spacial score (nSPS) is 20.9. The van der Waals surface area contributed by atoms with Crippen LogP contribution >= 0.6 is 0 Å². The fraction of sp³-hybridized carbons (Fsp3) is 0.600. The summed E-state index contributed by atoms with van der Waals surface area (Å²) in [5, 5.41) is 0.515. The van der Waals surface area contributed by atoms with Gasteiger partial charge < -0.3 is 14.3 Å². The van der Waals surface area contributed by atoms with Crippen molar-refractivity contribution in [3.63, 3.8) is 0 Å². The minimum absolute atomic E-state index is 0.457. The Morgan fingerprint density at radius 3 is 2.04 bits per heavy atom. The van der Waals surface area contributed by atoms with E-state index in [2.05, 4.69) is 0 Å². The molecule has 0 saturated heterocycles. The predicted octanol–water partition coefficient (Wildman–Crippen LogP) is 5.14. The minimum atomic E-state index is -3.03. The monoisotopic (exact) mass is 399 g/mol. The smallest absolute Gasteiger partial charge is 0.442 e. The summed E-state index contributed by atoms with van der Waals surface area (Å²) in [6.07, 6.45) is -2.20. The molecule has 0 radical (unpaired) electrons. The van der Waals surface area contributed by atoms with Gasteiger partial charge in [-0.05, 0) is 47.1 Å². The zero-order valence-electron chi connectivity index (χ0n) is 17.0. The van der Waals surface area contributed by atoms with E-state index < -0.39 is 47.8 Å².